The fourth-order valence-corrected chi connectivity index (χ4v) is 1.49. The molecule has 0 aliphatic carbocycles. The average molecular weight is 240 g/mol. The SMILES string of the molecule is CN=C(NCc1ccccc1Cl)NC(C)C. The second kappa shape index (κ2) is 6.38. The molecule has 0 heterocycles. The van der Waals surface area contributed by atoms with E-state index in [1.165, 1.54) is 0 Å². The van der Waals surface area contributed by atoms with Crippen LogP contribution in [0.2, 0.25) is 5.02 Å². The summed E-state index contributed by atoms with van der Waals surface area (Å²) in [7, 11) is 1.75. The molecule has 16 heavy (non-hydrogen) atoms. The molecule has 88 valence electrons. The third-order valence-electron chi connectivity index (χ3n) is 2.05. The number of guanidine groups is 1. The van der Waals surface area contributed by atoms with Gasteiger partial charge in [-0.15, -0.1) is 0 Å². The fraction of sp³-hybridized carbons (Fsp3) is 0.417. The smallest absolute Gasteiger partial charge is 0.191 e. The van der Waals surface area contributed by atoms with Crippen molar-refractivity contribution in [2.75, 3.05) is 7.05 Å². The van der Waals surface area contributed by atoms with Crippen LogP contribution in [0.25, 0.3) is 0 Å². The fourth-order valence-electron chi connectivity index (χ4n) is 1.29. The van der Waals surface area contributed by atoms with Crippen molar-refractivity contribution in [1.82, 2.24) is 10.6 Å². The highest BCUT2D eigenvalue weighted by Crippen LogP contribution is 2.14. The number of halogens is 1. The Hall–Kier alpha value is -1.22. The summed E-state index contributed by atoms with van der Waals surface area (Å²) in [6, 6.07) is 8.14. The van der Waals surface area contributed by atoms with Crippen molar-refractivity contribution >= 4 is 17.6 Å². The van der Waals surface area contributed by atoms with Crippen LogP contribution in [0.15, 0.2) is 29.3 Å². The molecule has 0 aliphatic rings. The van der Waals surface area contributed by atoms with Gasteiger partial charge in [-0.25, -0.2) is 0 Å². The van der Waals surface area contributed by atoms with Gasteiger partial charge in [0, 0.05) is 24.7 Å². The van der Waals surface area contributed by atoms with Gasteiger partial charge in [-0.05, 0) is 25.5 Å². The molecule has 3 nitrogen and oxygen atoms in total. The quantitative estimate of drug-likeness (QED) is 0.628. The summed E-state index contributed by atoms with van der Waals surface area (Å²) >= 11 is 6.06. The summed E-state index contributed by atoms with van der Waals surface area (Å²) in [4.78, 5) is 4.12. The van der Waals surface area contributed by atoms with Gasteiger partial charge < -0.3 is 10.6 Å². The maximum atomic E-state index is 6.06. The van der Waals surface area contributed by atoms with Gasteiger partial charge in [0.15, 0.2) is 5.96 Å². The van der Waals surface area contributed by atoms with Crippen LogP contribution in [0.4, 0.5) is 0 Å². The monoisotopic (exact) mass is 239 g/mol. The lowest BCUT2D eigenvalue weighted by molar-refractivity contribution is 0.699. The summed E-state index contributed by atoms with van der Waals surface area (Å²) in [5, 5.41) is 7.20. The number of hydrogen-bond donors (Lipinski definition) is 2. The van der Waals surface area contributed by atoms with Crippen LogP contribution in [0.3, 0.4) is 0 Å². The van der Waals surface area contributed by atoms with E-state index in [1.54, 1.807) is 7.05 Å². The van der Waals surface area contributed by atoms with Gasteiger partial charge in [-0.2, -0.15) is 0 Å². The number of aliphatic imine (C=N–C) groups is 1. The topological polar surface area (TPSA) is 36.4 Å². The Morgan fingerprint density at radius 3 is 2.62 bits per heavy atom. The van der Waals surface area contributed by atoms with Crippen molar-refractivity contribution < 1.29 is 0 Å². The van der Waals surface area contributed by atoms with E-state index in [2.05, 4.69) is 29.5 Å². The molecule has 0 aromatic heterocycles. The summed E-state index contributed by atoms with van der Waals surface area (Å²) in [5.41, 5.74) is 1.07. The second-order valence-corrected chi connectivity index (χ2v) is 4.22. The van der Waals surface area contributed by atoms with Crippen LogP contribution in [0.5, 0.6) is 0 Å². The van der Waals surface area contributed by atoms with Gasteiger partial charge in [0.1, 0.15) is 0 Å². The summed E-state index contributed by atoms with van der Waals surface area (Å²) in [6.07, 6.45) is 0. The van der Waals surface area contributed by atoms with Gasteiger partial charge in [-0.1, -0.05) is 29.8 Å². The zero-order chi connectivity index (χ0) is 12.0. The van der Waals surface area contributed by atoms with Crippen LogP contribution in [-0.2, 0) is 6.54 Å². The molecular formula is C12H18ClN3. The number of nitrogens with one attached hydrogen (secondary N) is 2. The van der Waals surface area contributed by atoms with Gasteiger partial charge >= 0.3 is 0 Å². The second-order valence-electron chi connectivity index (χ2n) is 3.82. The van der Waals surface area contributed by atoms with E-state index in [-0.39, 0.29) is 0 Å². The molecule has 0 radical (unpaired) electrons. The van der Waals surface area contributed by atoms with Crippen molar-refractivity contribution in [3.63, 3.8) is 0 Å². The van der Waals surface area contributed by atoms with Gasteiger partial charge in [0.2, 0.25) is 0 Å². The van der Waals surface area contributed by atoms with E-state index in [1.807, 2.05) is 24.3 Å². The van der Waals surface area contributed by atoms with Crippen molar-refractivity contribution in [2.24, 2.45) is 4.99 Å². The Kier molecular flexibility index (Phi) is 5.12. The highest BCUT2D eigenvalue weighted by Gasteiger charge is 2.02. The predicted molar refractivity (Wildman–Crippen MR) is 69.9 cm³/mol. The number of benzene rings is 1. The van der Waals surface area contributed by atoms with Gasteiger partial charge in [-0.3, -0.25) is 4.99 Å². The molecule has 2 N–H and O–H groups in total. The Morgan fingerprint density at radius 2 is 2.06 bits per heavy atom. The first-order valence-corrected chi connectivity index (χ1v) is 5.72. The van der Waals surface area contributed by atoms with Crippen molar-refractivity contribution in [3.05, 3.63) is 34.9 Å². The highest BCUT2D eigenvalue weighted by molar-refractivity contribution is 6.31. The molecule has 0 aliphatic heterocycles. The largest absolute Gasteiger partial charge is 0.354 e. The maximum Gasteiger partial charge on any atom is 0.191 e. The first-order valence-electron chi connectivity index (χ1n) is 5.34. The molecule has 0 spiro atoms. The molecule has 1 aromatic carbocycles. The Balaban J connectivity index is 2.54. The third-order valence-corrected chi connectivity index (χ3v) is 2.42. The third kappa shape index (κ3) is 4.11. The summed E-state index contributed by atoms with van der Waals surface area (Å²) < 4.78 is 0. The van der Waals surface area contributed by atoms with Gasteiger partial charge in [0.25, 0.3) is 0 Å². The molecule has 4 heteroatoms. The number of rotatable bonds is 3. The molecule has 0 saturated carbocycles. The van der Waals surface area contributed by atoms with E-state index in [0.29, 0.717) is 12.6 Å². The predicted octanol–water partition coefficient (Wildman–Crippen LogP) is 2.41. The Bertz CT molecular complexity index is 361. The van der Waals surface area contributed by atoms with Gasteiger partial charge in [0.05, 0.1) is 0 Å². The Morgan fingerprint density at radius 1 is 1.38 bits per heavy atom. The Labute approximate surface area is 102 Å². The lowest BCUT2D eigenvalue weighted by Gasteiger charge is -2.14. The molecule has 1 rings (SSSR count). The molecule has 0 fully saturated rings. The average Bonchev–Trinajstić information content (AvgIpc) is 2.25. The standard InChI is InChI=1S/C12H18ClN3/c1-9(2)16-12(14-3)15-8-10-6-4-5-7-11(10)13/h4-7,9H,8H2,1-3H3,(H2,14,15,16). The summed E-state index contributed by atoms with van der Waals surface area (Å²) in [6.45, 7) is 4.82. The van der Waals surface area contributed by atoms with E-state index >= 15 is 0 Å². The van der Waals surface area contributed by atoms with Crippen molar-refractivity contribution in [3.8, 4) is 0 Å². The van der Waals surface area contributed by atoms with E-state index in [0.717, 1.165) is 16.5 Å². The lowest BCUT2D eigenvalue weighted by atomic mass is 10.2. The minimum Gasteiger partial charge on any atom is -0.354 e. The zero-order valence-corrected chi connectivity index (χ0v) is 10.7. The maximum absolute atomic E-state index is 6.06. The minimum absolute atomic E-state index is 0.359. The lowest BCUT2D eigenvalue weighted by Crippen LogP contribution is -2.40. The summed E-state index contributed by atoms with van der Waals surface area (Å²) in [5.74, 6) is 0.787. The van der Waals surface area contributed by atoms with E-state index in [4.69, 9.17) is 11.6 Å². The molecule has 0 bridgehead atoms. The molecule has 1 aromatic rings. The van der Waals surface area contributed by atoms with E-state index in [9.17, 15) is 0 Å². The zero-order valence-electron chi connectivity index (χ0n) is 9.92. The van der Waals surface area contributed by atoms with Crippen molar-refractivity contribution in [1.29, 1.82) is 0 Å². The van der Waals surface area contributed by atoms with Crippen LogP contribution in [0, 0.1) is 0 Å². The van der Waals surface area contributed by atoms with Crippen molar-refractivity contribution in [2.45, 2.75) is 26.4 Å². The molecule has 0 unspecified atom stereocenters. The first-order chi connectivity index (χ1) is 7.63. The first kappa shape index (κ1) is 12.8. The normalized spacial score (nSPS) is 11.7. The molecule has 0 amide bonds. The van der Waals surface area contributed by atoms with E-state index < -0.39 is 0 Å². The molecular weight excluding hydrogens is 222 g/mol. The van der Waals surface area contributed by atoms with Crippen LogP contribution >= 0.6 is 11.6 Å². The van der Waals surface area contributed by atoms with Crippen LogP contribution in [-0.4, -0.2) is 19.0 Å². The minimum atomic E-state index is 0.359. The van der Waals surface area contributed by atoms with Crippen LogP contribution < -0.4 is 10.6 Å². The number of nitrogens with zero attached hydrogens (tertiary/aromatic N) is 1. The highest BCUT2D eigenvalue weighted by atomic mass is 35.5. The molecule has 0 saturated heterocycles. The molecule has 0 atom stereocenters. The number of hydrogen-bond acceptors (Lipinski definition) is 1. The van der Waals surface area contributed by atoms with Crippen LogP contribution in [0.1, 0.15) is 19.4 Å².